The largest absolute Gasteiger partial charge is 0.497 e. The molecule has 1 atom stereocenters. The maximum absolute atomic E-state index is 13.4. The quantitative estimate of drug-likeness (QED) is 0.721. The molecule has 1 aliphatic heterocycles. The Kier molecular flexibility index (Phi) is 6.02. The second kappa shape index (κ2) is 8.32. The first-order valence-electron chi connectivity index (χ1n) is 9.38. The summed E-state index contributed by atoms with van der Waals surface area (Å²) in [6, 6.07) is 11.6. The highest BCUT2D eigenvalue weighted by molar-refractivity contribution is 7.92. The highest BCUT2D eigenvalue weighted by Gasteiger charge is 2.35. The van der Waals surface area contributed by atoms with E-state index in [4.69, 9.17) is 9.47 Å². The number of fused-ring (bicyclic) bond motifs is 1. The summed E-state index contributed by atoms with van der Waals surface area (Å²) in [5.74, 6) is 0.528. The van der Waals surface area contributed by atoms with Crippen LogP contribution < -0.4 is 18.7 Å². The van der Waals surface area contributed by atoms with Crippen LogP contribution in [-0.2, 0) is 21.2 Å². The van der Waals surface area contributed by atoms with E-state index < -0.39 is 16.1 Å². The molecule has 8 heteroatoms. The smallest absolute Gasteiger partial charge is 0.250 e. The van der Waals surface area contributed by atoms with Gasteiger partial charge in [-0.25, -0.2) is 8.42 Å². The molecule has 0 aliphatic carbocycles. The highest BCUT2D eigenvalue weighted by atomic mass is 32.2. The number of rotatable bonds is 6. The van der Waals surface area contributed by atoms with E-state index in [2.05, 4.69) is 0 Å². The van der Waals surface area contributed by atoms with Crippen LogP contribution in [0.2, 0.25) is 0 Å². The van der Waals surface area contributed by atoms with Crippen LogP contribution in [0.5, 0.6) is 11.5 Å². The first-order valence-corrected chi connectivity index (χ1v) is 11.2. The number of carbonyl (C=O) groups excluding carboxylic acids is 1. The van der Waals surface area contributed by atoms with Crippen molar-refractivity contribution in [1.82, 2.24) is 0 Å². The van der Waals surface area contributed by atoms with E-state index >= 15 is 0 Å². The molecule has 1 unspecified atom stereocenters. The molecule has 1 heterocycles. The summed E-state index contributed by atoms with van der Waals surface area (Å²) in [5, 5.41) is 0. The lowest BCUT2D eigenvalue weighted by atomic mass is 10.0. The average Bonchev–Trinajstić information content (AvgIpc) is 2.71. The highest BCUT2D eigenvalue weighted by Crippen LogP contribution is 2.36. The van der Waals surface area contributed by atoms with Gasteiger partial charge in [-0.1, -0.05) is 18.2 Å². The van der Waals surface area contributed by atoms with Gasteiger partial charge in [0.05, 0.1) is 26.2 Å². The molecule has 0 fully saturated rings. The number of amides is 1. The molecule has 3 rings (SSSR count). The number of benzene rings is 2. The number of anilines is 2. The molecule has 7 nitrogen and oxygen atoms in total. The number of sulfonamides is 1. The number of aryl methyl sites for hydroxylation is 1. The predicted molar refractivity (Wildman–Crippen MR) is 113 cm³/mol. The molecular formula is C21H26N2O5S. The average molecular weight is 419 g/mol. The van der Waals surface area contributed by atoms with Gasteiger partial charge in [-0.3, -0.25) is 9.10 Å². The maximum atomic E-state index is 13.4. The van der Waals surface area contributed by atoms with Gasteiger partial charge in [0.1, 0.15) is 17.5 Å². The third-order valence-corrected chi connectivity index (χ3v) is 6.29. The van der Waals surface area contributed by atoms with Crippen molar-refractivity contribution in [2.75, 3.05) is 36.2 Å². The normalized spacial score (nSPS) is 14.7. The van der Waals surface area contributed by atoms with E-state index in [0.717, 1.165) is 34.7 Å². The van der Waals surface area contributed by atoms with Crippen molar-refractivity contribution in [3.63, 3.8) is 0 Å². The van der Waals surface area contributed by atoms with E-state index in [9.17, 15) is 13.2 Å². The Morgan fingerprint density at radius 1 is 1.14 bits per heavy atom. The van der Waals surface area contributed by atoms with Crippen molar-refractivity contribution in [2.45, 2.75) is 25.8 Å². The number of hydrogen-bond donors (Lipinski definition) is 0. The molecule has 0 saturated carbocycles. The predicted octanol–water partition coefficient (Wildman–Crippen LogP) is 2.84. The number of ether oxygens (including phenoxy) is 2. The number of para-hydroxylation sites is 1. The summed E-state index contributed by atoms with van der Waals surface area (Å²) in [6.07, 6.45) is 2.81. The molecule has 29 heavy (non-hydrogen) atoms. The molecule has 0 bridgehead atoms. The van der Waals surface area contributed by atoms with Gasteiger partial charge in [-0.2, -0.15) is 0 Å². The van der Waals surface area contributed by atoms with E-state index in [-0.39, 0.29) is 11.6 Å². The molecule has 0 N–H and O–H groups in total. The van der Waals surface area contributed by atoms with E-state index in [1.54, 1.807) is 30.0 Å². The maximum Gasteiger partial charge on any atom is 0.250 e. The molecular weight excluding hydrogens is 392 g/mol. The lowest BCUT2D eigenvalue weighted by molar-refractivity contribution is -0.119. The van der Waals surface area contributed by atoms with E-state index in [1.165, 1.54) is 14.2 Å². The summed E-state index contributed by atoms with van der Waals surface area (Å²) in [5.41, 5.74) is 2.19. The third kappa shape index (κ3) is 4.17. The van der Waals surface area contributed by atoms with Gasteiger partial charge in [0.15, 0.2) is 0 Å². The molecule has 2 aromatic rings. The summed E-state index contributed by atoms with van der Waals surface area (Å²) in [4.78, 5) is 15.1. The van der Waals surface area contributed by atoms with Crippen molar-refractivity contribution in [3.05, 3.63) is 48.0 Å². The van der Waals surface area contributed by atoms with Gasteiger partial charge in [0, 0.05) is 18.3 Å². The summed E-state index contributed by atoms with van der Waals surface area (Å²) in [7, 11) is -0.832. The molecule has 2 aromatic carbocycles. The second-order valence-corrected chi connectivity index (χ2v) is 8.85. The Morgan fingerprint density at radius 3 is 2.52 bits per heavy atom. The number of methoxy groups -OCH3 is 2. The van der Waals surface area contributed by atoms with Crippen LogP contribution in [0.3, 0.4) is 0 Å². The zero-order valence-electron chi connectivity index (χ0n) is 17.1. The fraction of sp³-hybridized carbons (Fsp3) is 0.381. The number of nitrogens with zero attached hydrogens (tertiary/aromatic N) is 2. The molecule has 1 amide bonds. The van der Waals surface area contributed by atoms with Crippen LogP contribution in [0, 0.1) is 0 Å². The molecule has 0 spiro atoms. The molecule has 0 radical (unpaired) electrons. The lowest BCUT2D eigenvalue weighted by Gasteiger charge is -2.35. The minimum Gasteiger partial charge on any atom is -0.497 e. The van der Waals surface area contributed by atoms with Gasteiger partial charge in [-0.05, 0) is 43.5 Å². The Hall–Kier alpha value is -2.74. The Bertz CT molecular complexity index is 1010. The monoisotopic (exact) mass is 418 g/mol. The summed E-state index contributed by atoms with van der Waals surface area (Å²) in [6.45, 7) is 2.15. The number of hydrogen-bond acceptors (Lipinski definition) is 5. The molecule has 156 valence electrons. The lowest BCUT2D eigenvalue weighted by Crippen LogP contribution is -2.51. The van der Waals surface area contributed by atoms with Gasteiger partial charge >= 0.3 is 0 Å². The van der Waals surface area contributed by atoms with Crippen LogP contribution in [-0.4, -0.2) is 47.4 Å². The van der Waals surface area contributed by atoms with Gasteiger partial charge in [0.25, 0.3) is 5.91 Å². The van der Waals surface area contributed by atoms with Gasteiger partial charge in [0.2, 0.25) is 10.0 Å². The SMILES string of the molecule is COc1ccc(OC)c(N(C(C)C(=O)N2CCCc3ccccc32)S(C)(=O)=O)c1. The minimum atomic E-state index is -3.79. The summed E-state index contributed by atoms with van der Waals surface area (Å²) >= 11 is 0. The summed E-state index contributed by atoms with van der Waals surface area (Å²) < 4.78 is 37.2. The Balaban J connectivity index is 2.05. The van der Waals surface area contributed by atoms with Crippen molar-refractivity contribution in [3.8, 4) is 11.5 Å². The van der Waals surface area contributed by atoms with Gasteiger partial charge in [-0.15, -0.1) is 0 Å². The van der Waals surface area contributed by atoms with Crippen molar-refractivity contribution < 1.29 is 22.7 Å². The number of carbonyl (C=O) groups is 1. The standard InChI is InChI=1S/C21H26N2O5S/c1-15(21(24)22-13-7-9-16-8-5-6-10-18(16)22)23(29(4,25)26)19-14-17(27-2)11-12-20(19)28-3/h5-6,8,10-12,14-15H,7,9,13H2,1-4H3. The van der Waals surface area contributed by atoms with Crippen LogP contribution in [0.25, 0.3) is 0 Å². The zero-order chi connectivity index (χ0) is 21.2. The van der Waals surface area contributed by atoms with Gasteiger partial charge < -0.3 is 14.4 Å². The van der Waals surface area contributed by atoms with Crippen molar-refractivity contribution in [2.24, 2.45) is 0 Å². The molecule has 0 aromatic heterocycles. The fourth-order valence-electron chi connectivity index (χ4n) is 3.73. The van der Waals surface area contributed by atoms with Crippen LogP contribution in [0.4, 0.5) is 11.4 Å². The minimum absolute atomic E-state index is 0.264. The van der Waals surface area contributed by atoms with Crippen LogP contribution in [0.1, 0.15) is 18.9 Å². The Labute approximate surface area is 171 Å². The fourth-order valence-corrected chi connectivity index (χ4v) is 4.90. The van der Waals surface area contributed by atoms with Crippen molar-refractivity contribution in [1.29, 1.82) is 0 Å². The van der Waals surface area contributed by atoms with E-state index in [0.29, 0.717) is 18.0 Å². The first kappa shape index (κ1) is 21.0. The first-order chi connectivity index (χ1) is 13.8. The second-order valence-electron chi connectivity index (χ2n) is 6.99. The zero-order valence-corrected chi connectivity index (χ0v) is 17.9. The molecule has 1 aliphatic rings. The Morgan fingerprint density at radius 2 is 1.86 bits per heavy atom. The van der Waals surface area contributed by atoms with Crippen LogP contribution >= 0.6 is 0 Å². The van der Waals surface area contributed by atoms with Crippen LogP contribution in [0.15, 0.2) is 42.5 Å². The van der Waals surface area contributed by atoms with Crippen molar-refractivity contribution >= 4 is 27.3 Å². The molecule has 0 saturated heterocycles. The third-order valence-electron chi connectivity index (χ3n) is 5.07. The topological polar surface area (TPSA) is 76.2 Å². The van der Waals surface area contributed by atoms with E-state index in [1.807, 2.05) is 24.3 Å².